The summed E-state index contributed by atoms with van der Waals surface area (Å²) in [5.41, 5.74) is 2.64. The first-order valence-corrected chi connectivity index (χ1v) is 6.65. The first kappa shape index (κ1) is 11.9. The average Bonchev–Trinajstić information content (AvgIpc) is 3.07. The molecule has 1 aliphatic carbocycles. The molecular weight excluding hydrogens is 218 g/mol. The highest BCUT2D eigenvalue weighted by Crippen LogP contribution is 2.28. The summed E-state index contributed by atoms with van der Waals surface area (Å²) in [5, 5.41) is 4.38. The zero-order chi connectivity index (χ0) is 11.4. The van der Waals surface area contributed by atoms with Crippen LogP contribution in [-0.2, 0) is 13.0 Å². The minimum Gasteiger partial charge on any atom is -0.312 e. The average molecular weight is 238 g/mol. The van der Waals surface area contributed by atoms with E-state index in [1.54, 1.807) is 0 Å². The highest BCUT2D eigenvalue weighted by molar-refractivity contribution is 6.31. The zero-order valence-corrected chi connectivity index (χ0v) is 10.7. The Morgan fingerprint density at radius 2 is 2.19 bits per heavy atom. The van der Waals surface area contributed by atoms with Crippen molar-refractivity contribution >= 4 is 11.6 Å². The predicted molar refractivity (Wildman–Crippen MR) is 69.9 cm³/mol. The van der Waals surface area contributed by atoms with Gasteiger partial charge in [-0.3, -0.25) is 0 Å². The lowest BCUT2D eigenvalue weighted by Gasteiger charge is -2.08. The van der Waals surface area contributed by atoms with Gasteiger partial charge in [-0.2, -0.15) is 0 Å². The van der Waals surface area contributed by atoms with Gasteiger partial charge < -0.3 is 5.32 Å². The normalized spacial score (nSPS) is 15.4. The molecule has 0 aromatic heterocycles. The van der Waals surface area contributed by atoms with Gasteiger partial charge in [0.05, 0.1) is 0 Å². The zero-order valence-electron chi connectivity index (χ0n) is 9.93. The molecule has 0 radical (unpaired) electrons. The Morgan fingerprint density at radius 3 is 2.88 bits per heavy atom. The van der Waals surface area contributed by atoms with Gasteiger partial charge in [-0.25, -0.2) is 0 Å². The van der Waals surface area contributed by atoms with Crippen molar-refractivity contribution in [3.8, 4) is 0 Å². The van der Waals surface area contributed by atoms with Gasteiger partial charge in [-0.1, -0.05) is 37.1 Å². The summed E-state index contributed by atoms with van der Waals surface area (Å²) in [6, 6.07) is 6.41. The molecular formula is C14H20ClN. The molecule has 0 spiro atoms. The fraction of sp³-hybridized carbons (Fsp3) is 0.571. The molecule has 1 nitrogen and oxygen atoms in total. The van der Waals surface area contributed by atoms with E-state index in [1.807, 2.05) is 6.07 Å². The third kappa shape index (κ3) is 3.50. The molecule has 1 saturated carbocycles. The molecule has 2 heteroatoms. The van der Waals surface area contributed by atoms with Crippen molar-refractivity contribution in [2.75, 3.05) is 6.54 Å². The van der Waals surface area contributed by atoms with Gasteiger partial charge in [0.1, 0.15) is 0 Å². The Hall–Kier alpha value is -0.530. The Balaban J connectivity index is 1.91. The smallest absolute Gasteiger partial charge is 0.0451 e. The van der Waals surface area contributed by atoms with E-state index in [9.17, 15) is 0 Å². The van der Waals surface area contributed by atoms with E-state index in [0.717, 1.165) is 30.5 Å². The molecule has 0 aliphatic heterocycles. The van der Waals surface area contributed by atoms with Crippen LogP contribution in [0.3, 0.4) is 0 Å². The minimum absolute atomic E-state index is 0.892. The summed E-state index contributed by atoms with van der Waals surface area (Å²) in [5.74, 6) is 0.928. The highest BCUT2D eigenvalue weighted by atomic mass is 35.5. The predicted octanol–water partition coefficient (Wildman–Crippen LogP) is 3.79. The van der Waals surface area contributed by atoms with Gasteiger partial charge >= 0.3 is 0 Å². The molecule has 1 fully saturated rings. The maximum Gasteiger partial charge on any atom is 0.0451 e. The van der Waals surface area contributed by atoms with Crippen LogP contribution in [0.4, 0.5) is 0 Å². The van der Waals surface area contributed by atoms with Crippen LogP contribution in [0.5, 0.6) is 0 Å². The summed E-state index contributed by atoms with van der Waals surface area (Å²) in [6.07, 6.45) is 5.14. The van der Waals surface area contributed by atoms with E-state index in [4.69, 9.17) is 11.6 Å². The van der Waals surface area contributed by atoms with Crippen LogP contribution in [0.25, 0.3) is 0 Å². The molecule has 0 unspecified atom stereocenters. The summed E-state index contributed by atoms with van der Waals surface area (Å²) in [6.45, 7) is 4.26. The van der Waals surface area contributed by atoms with Crippen molar-refractivity contribution in [3.63, 3.8) is 0 Å². The second kappa shape index (κ2) is 5.70. The molecule has 0 bridgehead atoms. The number of rotatable bonds is 6. The standard InChI is InChI=1S/C14H20ClN/c1-2-3-11-6-7-14(15)13(8-11)10-16-9-12-4-5-12/h6-8,12,16H,2-5,9-10H2,1H3. The summed E-state index contributed by atoms with van der Waals surface area (Å²) < 4.78 is 0. The summed E-state index contributed by atoms with van der Waals surface area (Å²) >= 11 is 6.19. The topological polar surface area (TPSA) is 12.0 Å². The van der Waals surface area contributed by atoms with Crippen LogP contribution in [-0.4, -0.2) is 6.54 Å². The van der Waals surface area contributed by atoms with Crippen molar-refractivity contribution < 1.29 is 0 Å². The lowest BCUT2D eigenvalue weighted by molar-refractivity contribution is 0.638. The van der Waals surface area contributed by atoms with Crippen molar-refractivity contribution in [1.82, 2.24) is 5.32 Å². The van der Waals surface area contributed by atoms with Gasteiger partial charge in [0, 0.05) is 11.6 Å². The van der Waals surface area contributed by atoms with E-state index >= 15 is 0 Å². The maximum atomic E-state index is 6.19. The van der Waals surface area contributed by atoms with Crippen molar-refractivity contribution in [1.29, 1.82) is 0 Å². The quantitative estimate of drug-likeness (QED) is 0.794. The molecule has 88 valence electrons. The lowest BCUT2D eigenvalue weighted by Crippen LogP contribution is -2.16. The third-order valence-corrected chi connectivity index (χ3v) is 3.46. The van der Waals surface area contributed by atoms with Crippen LogP contribution in [0, 0.1) is 5.92 Å². The number of hydrogen-bond donors (Lipinski definition) is 1. The fourth-order valence-electron chi connectivity index (χ4n) is 1.94. The third-order valence-electron chi connectivity index (χ3n) is 3.09. The van der Waals surface area contributed by atoms with Gasteiger partial charge in [0.15, 0.2) is 0 Å². The van der Waals surface area contributed by atoms with E-state index in [0.29, 0.717) is 0 Å². The van der Waals surface area contributed by atoms with Gasteiger partial charge in [0.2, 0.25) is 0 Å². The number of hydrogen-bond acceptors (Lipinski definition) is 1. The molecule has 1 N–H and O–H groups in total. The van der Waals surface area contributed by atoms with E-state index in [1.165, 1.54) is 30.4 Å². The van der Waals surface area contributed by atoms with Crippen LogP contribution >= 0.6 is 11.6 Å². The van der Waals surface area contributed by atoms with Gasteiger partial charge in [0.25, 0.3) is 0 Å². The van der Waals surface area contributed by atoms with E-state index in [-0.39, 0.29) is 0 Å². The molecule has 16 heavy (non-hydrogen) atoms. The molecule has 0 heterocycles. The first-order valence-electron chi connectivity index (χ1n) is 6.27. The highest BCUT2D eigenvalue weighted by Gasteiger charge is 2.20. The second-order valence-electron chi connectivity index (χ2n) is 4.75. The minimum atomic E-state index is 0.892. The number of halogens is 1. The Morgan fingerprint density at radius 1 is 1.38 bits per heavy atom. The van der Waals surface area contributed by atoms with Gasteiger partial charge in [-0.05, 0) is 48.9 Å². The Bertz CT molecular complexity index is 345. The first-order chi connectivity index (χ1) is 7.79. The molecule has 0 amide bonds. The molecule has 0 atom stereocenters. The Labute approximate surface area is 103 Å². The molecule has 1 aromatic rings. The number of nitrogens with one attached hydrogen (secondary N) is 1. The Kier molecular flexibility index (Phi) is 4.25. The second-order valence-corrected chi connectivity index (χ2v) is 5.16. The van der Waals surface area contributed by atoms with Crippen molar-refractivity contribution in [2.24, 2.45) is 5.92 Å². The van der Waals surface area contributed by atoms with Crippen LogP contribution in [0.1, 0.15) is 37.3 Å². The van der Waals surface area contributed by atoms with Crippen molar-refractivity contribution in [3.05, 3.63) is 34.3 Å². The van der Waals surface area contributed by atoms with Crippen LogP contribution < -0.4 is 5.32 Å². The number of benzene rings is 1. The summed E-state index contributed by atoms with van der Waals surface area (Å²) in [4.78, 5) is 0. The molecule has 2 rings (SSSR count). The van der Waals surface area contributed by atoms with Gasteiger partial charge in [-0.15, -0.1) is 0 Å². The SMILES string of the molecule is CCCc1ccc(Cl)c(CNCC2CC2)c1. The van der Waals surface area contributed by atoms with Crippen LogP contribution in [0.15, 0.2) is 18.2 Å². The lowest BCUT2D eigenvalue weighted by atomic mass is 10.1. The summed E-state index contributed by atoms with van der Waals surface area (Å²) in [7, 11) is 0. The van der Waals surface area contributed by atoms with Crippen molar-refractivity contribution in [2.45, 2.75) is 39.2 Å². The number of aryl methyl sites for hydroxylation is 1. The van der Waals surface area contributed by atoms with E-state index < -0.39 is 0 Å². The molecule has 1 aromatic carbocycles. The van der Waals surface area contributed by atoms with Crippen LogP contribution in [0.2, 0.25) is 5.02 Å². The van der Waals surface area contributed by atoms with E-state index in [2.05, 4.69) is 24.4 Å². The largest absolute Gasteiger partial charge is 0.312 e. The monoisotopic (exact) mass is 237 g/mol. The molecule has 0 saturated heterocycles. The maximum absolute atomic E-state index is 6.19. The fourth-order valence-corrected chi connectivity index (χ4v) is 2.13. The molecule has 1 aliphatic rings.